The molecule has 0 unspecified atom stereocenters. The van der Waals surface area contributed by atoms with Crippen LogP contribution in [0.15, 0.2) is 0 Å². The standard InChI is InChI=1S/C16H28N4O2S/c1-3-23(21,22)20-11-16(12-20,6-7-17)19-8-4-14(5-9-19)18-15-10-13(15)2/h13-15,18H,3-6,8-12H2,1-2H3/t13-,15-/m1/s1. The Morgan fingerprint density at radius 2 is 1.91 bits per heavy atom. The van der Waals surface area contributed by atoms with Gasteiger partial charge in [-0.2, -0.15) is 9.57 Å². The monoisotopic (exact) mass is 340 g/mol. The molecule has 2 atom stereocenters. The molecular formula is C16H28N4O2S. The molecule has 0 spiro atoms. The second kappa shape index (κ2) is 6.32. The zero-order valence-electron chi connectivity index (χ0n) is 14.2. The van der Waals surface area contributed by atoms with E-state index in [4.69, 9.17) is 0 Å². The first-order chi connectivity index (χ1) is 10.9. The molecule has 2 heterocycles. The minimum absolute atomic E-state index is 0.140. The number of rotatable bonds is 6. The maximum atomic E-state index is 12.0. The zero-order valence-corrected chi connectivity index (χ0v) is 15.0. The molecule has 1 N–H and O–H groups in total. The van der Waals surface area contributed by atoms with Gasteiger partial charge in [-0.15, -0.1) is 0 Å². The van der Waals surface area contributed by atoms with E-state index in [-0.39, 0.29) is 11.3 Å². The van der Waals surface area contributed by atoms with Crippen LogP contribution in [0.4, 0.5) is 0 Å². The number of piperidine rings is 1. The summed E-state index contributed by atoms with van der Waals surface area (Å²) in [5, 5.41) is 12.9. The van der Waals surface area contributed by atoms with Crippen LogP contribution in [-0.2, 0) is 10.0 Å². The number of hydrogen-bond donors (Lipinski definition) is 1. The van der Waals surface area contributed by atoms with Crippen LogP contribution in [0.3, 0.4) is 0 Å². The highest BCUT2D eigenvalue weighted by atomic mass is 32.2. The van der Waals surface area contributed by atoms with Gasteiger partial charge in [0.25, 0.3) is 0 Å². The molecule has 2 aliphatic heterocycles. The molecule has 0 aromatic rings. The normalized spacial score (nSPS) is 32.2. The second-order valence-electron chi connectivity index (χ2n) is 7.48. The van der Waals surface area contributed by atoms with Gasteiger partial charge < -0.3 is 5.32 Å². The molecule has 3 aliphatic rings. The van der Waals surface area contributed by atoms with E-state index in [1.807, 2.05) is 0 Å². The van der Waals surface area contributed by atoms with Crippen LogP contribution in [0.25, 0.3) is 0 Å². The fourth-order valence-corrected chi connectivity index (χ4v) is 5.18. The minimum atomic E-state index is -3.13. The van der Waals surface area contributed by atoms with E-state index < -0.39 is 10.0 Å². The number of nitriles is 1. The summed E-state index contributed by atoms with van der Waals surface area (Å²) < 4.78 is 25.5. The summed E-state index contributed by atoms with van der Waals surface area (Å²) in [6.07, 6.45) is 3.90. The third-order valence-electron chi connectivity index (χ3n) is 5.83. The molecule has 0 aromatic carbocycles. The zero-order chi connectivity index (χ0) is 16.7. The van der Waals surface area contributed by atoms with E-state index in [0.717, 1.165) is 31.8 Å². The Hall–Kier alpha value is -0.680. The smallest absolute Gasteiger partial charge is 0.213 e. The molecule has 0 aromatic heterocycles. The SMILES string of the molecule is CCS(=O)(=O)N1CC(CC#N)(N2CCC(N[C@@H]3C[C@H]3C)CC2)C1. The third-order valence-corrected chi connectivity index (χ3v) is 7.61. The van der Waals surface area contributed by atoms with Gasteiger partial charge in [0, 0.05) is 38.3 Å². The van der Waals surface area contributed by atoms with Crippen LogP contribution in [-0.4, -0.2) is 67.2 Å². The maximum absolute atomic E-state index is 12.0. The van der Waals surface area contributed by atoms with Gasteiger partial charge in [-0.3, -0.25) is 4.90 Å². The van der Waals surface area contributed by atoms with Gasteiger partial charge in [0.15, 0.2) is 0 Å². The van der Waals surface area contributed by atoms with Crippen molar-refractivity contribution < 1.29 is 8.42 Å². The van der Waals surface area contributed by atoms with E-state index in [2.05, 4.69) is 23.2 Å². The maximum Gasteiger partial charge on any atom is 0.213 e. The quantitative estimate of drug-likeness (QED) is 0.773. The number of likely N-dealkylation sites (tertiary alicyclic amines) is 1. The number of nitrogens with zero attached hydrogens (tertiary/aromatic N) is 3. The van der Waals surface area contributed by atoms with E-state index in [1.54, 1.807) is 11.2 Å². The molecule has 130 valence electrons. The van der Waals surface area contributed by atoms with Crippen molar-refractivity contribution in [1.82, 2.24) is 14.5 Å². The second-order valence-corrected chi connectivity index (χ2v) is 9.73. The predicted molar refractivity (Wildman–Crippen MR) is 89.3 cm³/mol. The van der Waals surface area contributed by atoms with Crippen LogP contribution in [0, 0.1) is 17.2 Å². The minimum Gasteiger partial charge on any atom is -0.311 e. The van der Waals surface area contributed by atoms with E-state index in [0.29, 0.717) is 31.6 Å². The summed E-state index contributed by atoms with van der Waals surface area (Å²) in [5.41, 5.74) is -0.255. The molecule has 0 bridgehead atoms. The van der Waals surface area contributed by atoms with Crippen LogP contribution < -0.4 is 5.32 Å². The van der Waals surface area contributed by atoms with Crippen molar-refractivity contribution in [2.45, 2.75) is 57.2 Å². The Morgan fingerprint density at radius 1 is 1.30 bits per heavy atom. The highest BCUT2D eigenvalue weighted by Gasteiger charge is 2.51. The van der Waals surface area contributed by atoms with Crippen LogP contribution in [0.2, 0.25) is 0 Å². The van der Waals surface area contributed by atoms with Crippen molar-refractivity contribution in [3.8, 4) is 6.07 Å². The predicted octanol–water partition coefficient (Wildman–Crippen LogP) is 0.767. The van der Waals surface area contributed by atoms with Gasteiger partial charge in [-0.25, -0.2) is 8.42 Å². The Bertz CT molecular complexity index is 571. The summed E-state index contributed by atoms with van der Waals surface area (Å²) in [6.45, 7) is 6.84. The van der Waals surface area contributed by atoms with Gasteiger partial charge in [-0.05, 0) is 32.1 Å². The number of nitrogens with one attached hydrogen (secondary N) is 1. The molecule has 1 aliphatic carbocycles. The van der Waals surface area contributed by atoms with Gasteiger partial charge in [-0.1, -0.05) is 6.92 Å². The third kappa shape index (κ3) is 3.41. The van der Waals surface area contributed by atoms with Crippen molar-refractivity contribution >= 4 is 10.0 Å². The molecule has 23 heavy (non-hydrogen) atoms. The molecule has 3 fully saturated rings. The molecule has 0 amide bonds. The lowest BCUT2D eigenvalue weighted by molar-refractivity contribution is -0.0255. The highest BCUT2D eigenvalue weighted by Crippen LogP contribution is 2.36. The van der Waals surface area contributed by atoms with Gasteiger partial charge in [0.05, 0.1) is 23.8 Å². The first-order valence-electron chi connectivity index (χ1n) is 8.76. The average molecular weight is 340 g/mol. The summed E-state index contributed by atoms with van der Waals surface area (Å²) in [7, 11) is -3.13. The van der Waals surface area contributed by atoms with E-state index in [9.17, 15) is 13.7 Å². The van der Waals surface area contributed by atoms with Crippen molar-refractivity contribution in [3.05, 3.63) is 0 Å². The summed E-state index contributed by atoms with van der Waals surface area (Å²) in [5.74, 6) is 0.957. The van der Waals surface area contributed by atoms with Crippen molar-refractivity contribution in [3.63, 3.8) is 0 Å². The molecule has 0 radical (unpaired) electrons. The lowest BCUT2D eigenvalue weighted by Gasteiger charge is -2.55. The first kappa shape index (κ1) is 17.2. The molecule has 6 nitrogen and oxygen atoms in total. The van der Waals surface area contributed by atoms with E-state index >= 15 is 0 Å². The number of hydrogen-bond acceptors (Lipinski definition) is 5. The fourth-order valence-electron chi connectivity index (χ4n) is 3.94. The Kier molecular flexibility index (Phi) is 4.71. The molecule has 1 saturated carbocycles. The lowest BCUT2D eigenvalue weighted by Crippen LogP contribution is -2.72. The van der Waals surface area contributed by atoms with Crippen LogP contribution in [0.5, 0.6) is 0 Å². The van der Waals surface area contributed by atoms with Gasteiger partial charge >= 0.3 is 0 Å². The average Bonchev–Trinajstić information content (AvgIpc) is 3.18. The largest absolute Gasteiger partial charge is 0.311 e. The first-order valence-corrected chi connectivity index (χ1v) is 10.4. The number of sulfonamides is 1. The summed E-state index contributed by atoms with van der Waals surface area (Å²) in [6, 6.07) is 3.56. The van der Waals surface area contributed by atoms with Crippen molar-refractivity contribution in [1.29, 1.82) is 5.26 Å². The Morgan fingerprint density at radius 3 is 2.39 bits per heavy atom. The van der Waals surface area contributed by atoms with Crippen LogP contribution in [0.1, 0.15) is 39.5 Å². The Labute approximate surface area is 139 Å². The molecular weight excluding hydrogens is 312 g/mol. The topological polar surface area (TPSA) is 76.4 Å². The fraction of sp³-hybridized carbons (Fsp3) is 0.938. The highest BCUT2D eigenvalue weighted by molar-refractivity contribution is 7.89. The van der Waals surface area contributed by atoms with E-state index in [1.165, 1.54) is 6.42 Å². The van der Waals surface area contributed by atoms with Gasteiger partial charge in [0.2, 0.25) is 10.0 Å². The molecule has 2 saturated heterocycles. The van der Waals surface area contributed by atoms with Crippen LogP contribution >= 0.6 is 0 Å². The molecule has 3 rings (SSSR count). The van der Waals surface area contributed by atoms with Crippen molar-refractivity contribution in [2.24, 2.45) is 5.92 Å². The molecule has 7 heteroatoms. The summed E-state index contributed by atoms with van der Waals surface area (Å²) in [4.78, 5) is 2.37. The van der Waals surface area contributed by atoms with Crippen molar-refractivity contribution in [2.75, 3.05) is 31.9 Å². The van der Waals surface area contributed by atoms with Gasteiger partial charge in [0.1, 0.15) is 0 Å². The lowest BCUT2D eigenvalue weighted by atomic mass is 9.84. The Balaban J connectivity index is 1.55. The summed E-state index contributed by atoms with van der Waals surface area (Å²) >= 11 is 0.